The standard InChI is InChI=1S/C25H20ClFN4O2/c1-2-33-25(32)23-29-31(19-11-7-16(26)8-12-19)24(30(23)18-13-9-17(27)10-14-18)21-15-28-22-6-4-3-5-20(21)22/h3-15,24,28H,2H2,1H3/t24-/m0/s1. The first-order valence-electron chi connectivity index (χ1n) is 10.5. The monoisotopic (exact) mass is 462 g/mol. The summed E-state index contributed by atoms with van der Waals surface area (Å²) in [6, 6.07) is 21.1. The molecule has 33 heavy (non-hydrogen) atoms. The molecule has 0 saturated heterocycles. The second-order valence-electron chi connectivity index (χ2n) is 7.47. The van der Waals surface area contributed by atoms with Crippen molar-refractivity contribution in [3.8, 4) is 0 Å². The van der Waals surface area contributed by atoms with E-state index >= 15 is 0 Å². The summed E-state index contributed by atoms with van der Waals surface area (Å²) in [6.45, 7) is 1.94. The molecule has 5 rings (SSSR count). The topological polar surface area (TPSA) is 60.9 Å². The van der Waals surface area contributed by atoms with Crippen LogP contribution in [-0.2, 0) is 9.53 Å². The molecule has 1 N–H and O–H groups in total. The van der Waals surface area contributed by atoms with E-state index in [1.54, 1.807) is 41.1 Å². The SMILES string of the molecule is CCOC(=O)C1=NN(c2ccc(Cl)cc2)[C@@H](c2c[nH]c3ccccc23)N1c1ccc(F)cc1. The number of carbonyl (C=O) groups is 1. The Morgan fingerprint density at radius 1 is 1.06 bits per heavy atom. The van der Waals surface area contributed by atoms with Crippen molar-refractivity contribution in [2.75, 3.05) is 16.5 Å². The third-order valence-corrected chi connectivity index (χ3v) is 5.71. The Balaban J connectivity index is 1.73. The lowest BCUT2D eigenvalue weighted by molar-refractivity contribution is -0.135. The summed E-state index contributed by atoms with van der Waals surface area (Å²) in [4.78, 5) is 18.0. The highest BCUT2D eigenvalue weighted by molar-refractivity contribution is 6.42. The fourth-order valence-electron chi connectivity index (χ4n) is 4.00. The Labute approximate surface area is 194 Å². The first-order valence-corrected chi connectivity index (χ1v) is 10.9. The number of ether oxygens (including phenoxy) is 1. The second-order valence-corrected chi connectivity index (χ2v) is 7.91. The number of H-pyrrole nitrogens is 1. The molecular formula is C25H20ClFN4O2. The summed E-state index contributed by atoms with van der Waals surface area (Å²) >= 11 is 6.11. The summed E-state index contributed by atoms with van der Waals surface area (Å²) in [7, 11) is 0. The van der Waals surface area contributed by atoms with Crippen LogP contribution < -0.4 is 9.91 Å². The molecule has 0 spiro atoms. The van der Waals surface area contributed by atoms with Gasteiger partial charge in [0, 0.05) is 33.4 Å². The van der Waals surface area contributed by atoms with Gasteiger partial charge in [0.2, 0.25) is 5.84 Å². The van der Waals surface area contributed by atoms with Crippen LogP contribution in [0.5, 0.6) is 0 Å². The molecule has 6 nitrogen and oxygen atoms in total. The zero-order valence-corrected chi connectivity index (χ0v) is 18.5. The zero-order chi connectivity index (χ0) is 22.9. The number of hydrogen-bond donors (Lipinski definition) is 1. The zero-order valence-electron chi connectivity index (χ0n) is 17.7. The van der Waals surface area contributed by atoms with Crippen molar-refractivity contribution in [3.63, 3.8) is 0 Å². The smallest absolute Gasteiger partial charge is 0.376 e. The van der Waals surface area contributed by atoms with Gasteiger partial charge in [-0.15, -0.1) is 5.10 Å². The van der Waals surface area contributed by atoms with Gasteiger partial charge in [0.1, 0.15) is 5.82 Å². The molecule has 1 atom stereocenters. The average Bonchev–Trinajstić information content (AvgIpc) is 3.42. The highest BCUT2D eigenvalue weighted by Gasteiger charge is 2.42. The molecule has 0 aliphatic carbocycles. The van der Waals surface area contributed by atoms with Crippen molar-refractivity contribution >= 4 is 45.7 Å². The highest BCUT2D eigenvalue weighted by Crippen LogP contribution is 2.41. The summed E-state index contributed by atoms with van der Waals surface area (Å²) in [5.74, 6) is -0.831. The predicted molar refractivity (Wildman–Crippen MR) is 128 cm³/mol. The minimum atomic E-state index is -0.567. The molecule has 0 bridgehead atoms. The van der Waals surface area contributed by atoms with Crippen LogP contribution in [0.4, 0.5) is 15.8 Å². The number of aromatic amines is 1. The Kier molecular flexibility index (Phi) is 5.48. The van der Waals surface area contributed by atoms with Gasteiger partial charge in [-0.25, -0.2) is 14.2 Å². The number of carbonyl (C=O) groups excluding carboxylic acids is 1. The molecule has 1 aliphatic heterocycles. The maximum Gasteiger partial charge on any atom is 0.376 e. The summed E-state index contributed by atoms with van der Waals surface area (Å²) in [6.07, 6.45) is 1.37. The number of hydrazone groups is 1. The van der Waals surface area contributed by atoms with Crippen molar-refractivity contribution in [1.29, 1.82) is 0 Å². The van der Waals surface area contributed by atoms with Gasteiger partial charge in [-0.2, -0.15) is 0 Å². The van der Waals surface area contributed by atoms with Gasteiger partial charge in [0.05, 0.1) is 12.3 Å². The molecule has 0 saturated carbocycles. The number of aromatic nitrogens is 1. The average molecular weight is 463 g/mol. The van der Waals surface area contributed by atoms with Gasteiger partial charge in [-0.3, -0.25) is 4.90 Å². The molecule has 0 fully saturated rings. The lowest BCUT2D eigenvalue weighted by atomic mass is 10.1. The molecule has 2 heterocycles. The van der Waals surface area contributed by atoms with Crippen LogP contribution in [0.3, 0.4) is 0 Å². The molecule has 4 aromatic rings. The Morgan fingerprint density at radius 3 is 2.48 bits per heavy atom. The quantitative estimate of drug-likeness (QED) is 0.377. The molecule has 0 amide bonds. The van der Waals surface area contributed by atoms with E-state index in [1.807, 2.05) is 42.6 Å². The number of halogens is 2. The van der Waals surface area contributed by atoms with Crippen molar-refractivity contribution in [1.82, 2.24) is 4.98 Å². The number of rotatable bonds is 5. The largest absolute Gasteiger partial charge is 0.460 e. The third-order valence-electron chi connectivity index (χ3n) is 5.46. The van der Waals surface area contributed by atoms with Crippen molar-refractivity contribution in [2.45, 2.75) is 13.1 Å². The Morgan fingerprint density at radius 2 is 1.76 bits per heavy atom. The summed E-state index contributed by atoms with van der Waals surface area (Å²) in [5, 5.41) is 8.00. The maximum absolute atomic E-state index is 13.7. The van der Waals surface area contributed by atoms with E-state index in [9.17, 15) is 9.18 Å². The maximum atomic E-state index is 13.7. The number of benzene rings is 3. The van der Waals surface area contributed by atoms with Crippen LogP contribution in [0.25, 0.3) is 10.9 Å². The van der Waals surface area contributed by atoms with Crippen LogP contribution >= 0.6 is 11.6 Å². The van der Waals surface area contributed by atoms with Gasteiger partial charge in [-0.05, 0) is 61.5 Å². The first-order chi connectivity index (χ1) is 16.1. The number of amidine groups is 1. The molecule has 166 valence electrons. The van der Waals surface area contributed by atoms with Crippen molar-refractivity contribution < 1.29 is 13.9 Å². The van der Waals surface area contributed by atoms with Gasteiger partial charge >= 0.3 is 5.97 Å². The minimum absolute atomic E-state index is 0.105. The van der Waals surface area contributed by atoms with Crippen LogP contribution in [0.2, 0.25) is 5.02 Å². The Hall–Kier alpha value is -3.84. The number of para-hydroxylation sites is 1. The Bertz CT molecular complexity index is 1330. The number of hydrogen-bond acceptors (Lipinski definition) is 5. The summed E-state index contributed by atoms with van der Waals surface area (Å²) in [5.41, 5.74) is 3.19. The van der Waals surface area contributed by atoms with Gasteiger partial charge < -0.3 is 9.72 Å². The number of anilines is 2. The van der Waals surface area contributed by atoms with Gasteiger partial charge in [-0.1, -0.05) is 29.8 Å². The van der Waals surface area contributed by atoms with Gasteiger partial charge in [0.15, 0.2) is 6.17 Å². The number of nitrogens with zero attached hydrogens (tertiary/aromatic N) is 3. The van der Waals surface area contributed by atoms with E-state index in [-0.39, 0.29) is 18.3 Å². The molecule has 8 heteroatoms. The predicted octanol–water partition coefficient (Wildman–Crippen LogP) is 5.86. The van der Waals surface area contributed by atoms with Crippen molar-refractivity contribution in [2.24, 2.45) is 5.10 Å². The lowest BCUT2D eigenvalue weighted by Gasteiger charge is -2.31. The fourth-order valence-corrected chi connectivity index (χ4v) is 4.13. The van der Waals surface area contributed by atoms with Crippen LogP contribution in [-0.4, -0.2) is 23.4 Å². The van der Waals surface area contributed by atoms with Crippen LogP contribution in [0, 0.1) is 5.82 Å². The molecule has 3 aromatic carbocycles. The second kappa shape index (κ2) is 8.60. The highest BCUT2D eigenvalue weighted by atomic mass is 35.5. The van der Waals surface area contributed by atoms with Gasteiger partial charge in [0.25, 0.3) is 0 Å². The van der Waals surface area contributed by atoms with E-state index in [2.05, 4.69) is 10.1 Å². The van der Waals surface area contributed by atoms with E-state index in [0.29, 0.717) is 10.7 Å². The molecule has 0 radical (unpaired) electrons. The number of nitrogens with one attached hydrogen (secondary N) is 1. The van der Waals surface area contributed by atoms with Crippen LogP contribution in [0.15, 0.2) is 84.1 Å². The fraction of sp³-hybridized carbons (Fsp3) is 0.120. The van der Waals surface area contributed by atoms with E-state index in [4.69, 9.17) is 16.3 Å². The third kappa shape index (κ3) is 3.81. The molecule has 1 aliphatic rings. The number of fused-ring (bicyclic) bond motifs is 1. The van der Waals surface area contributed by atoms with E-state index < -0.39 is 12.1 Å². The van der Waals surface area contributed by atoms with Crippen LogP contribution in [0.1, 0.15) is 18.7 Å². The molecule has 0 unspecified atom stereocenters. The van der Waals surface area contributed by atoms with E-state index in [0.717, 1.165) is 22.2 Å². The first kappa shape index (κ1) is 21.0. The summed E-state index contributed by atoms with van der Waals surface area (Å²) < 4.78 is 19.1. The number of esters is 1. The normalized spacial score (nSPS) is 15.7. The molecule has 1 aromatic heterocycles. The minimum Gasteiger partial charge on any atom is -0.460 e. The molecular weight excluding hydrogens is 443 g/mol. The van der Waals surface area contributed by atoms with Crippen molar-refractivity contribution in [3.05, 3.63) is 95.4 Å². The lowest BCUT2D eigenvalue weighted by Crippen LogP contribution is -2.39. The van der Waals surface area contributed by atoms with E-state index in [1.165, 1.54) is 12.1 Å².